The first-order valence-electron chi connectivity index (χ1n) is 7.42. The number of hydrogen-bond acceptors (Lipinski definition) is 4. The molecular weight excluding hydrogens is 326 g/mol. The molecule has 2 aromatic carbocycles. The molecule has 126 valence electrons. The van der Waals surface area contributed by atoms with Crippen LogP contribution in [0, 0.1) is 13.8 Å². The summed E-state index contributed by atoms with van der Waals surface area (Å²) in [6.07, 6.45) is 3.04. The molecule has 0 amide bonds. The fourth-order valence-corrected chi connectivity index (χ4v) is 2.41. The van der Waals surface area contributed by atoms with E-state index in [2.05, 4.69) is 5.32 Å². The van der Waals surface area contributed by atoms with Gasteiger partial charge in [-0.05, 0) is 37.1 Å². The number of ether oxygens (including phenoxy) is 2. The summed E-state index contributed by atoms with van der Waals surface area (Å²) in [7, 11) is 3.09. The topological polar surface area (TPSA) is 47.6 Å². The van der Waals surface area contributed by atoms with Crippen molar-refractivity contribution in [3.63, 3.8) is 0 Å². The second-order valence-corrected chi connectivity index (χ2v) is 5.74. The number of ketones is 1. The van der Waals surface area contributed by atoms with Crippen molar-refractivity contribution >= 4 is 23.1 Å². The van der Waals surface area contributed by atoms with E-state index in [0.717, 1.165) is 11.1 Å². The van der Waals surface area contributed by atoms with E-state index in [1.54, 1.807) is 25.4 Å². The summed E-state index contributed by atoms with van der Waals surface area (Å²) in [5, 5.41) is 3.47. The second-order valence-electron chi connectivity index (χ2n) is 5.33. The SMILES string of the molecule is COc1cc(OC)c(NC=CC(=O)c2ccc(C)c(C)c2)cc1Cl. The fraction of sp³-hybridized carbons (Fsp3) is 0.211. The highest BCUT2D eigenvalue weighted by atomic mass is 35.5. The molecule has 4 nitrogen and oxygen atoms in total. The molecule has 0 saturated heterocycles. The molecular formula is C19H20ClNO3. The van der Waals surface area contributed by atoms with E-state index in [-0.39, 0.29) is 5.78 Å². The van der Waals surface area contributed by atoms with Crippen LogP contribution in [0.3, 0.4) is 0 Å². The monoisotopic (exact) mass is 345 g/mol. The molecule has 0 unspecified atom stereocenters. The maximum absolute atomic E-state index is 12.2. The van der Waals surface area contributed by atoms with E-state index in [1.165, 1.54) is 13.2 Å². The van der Waals surface area contributed by atoms with E-state index in [4.69, 9.17) is 21.1 Å². The average Bonchev–Trinajstić information content (AvgIpc) is 2.57. The van der Waals surface area contributed by atoms with Crippen LogP contribution in [0.1, 0.15) is 21.5 Å². The summed E-state index contributed by atoms with van der Waals surface area (Å²) < 4.78 is 10.4. The number of methoxy groups -OCH3 is 2. The van der Waals surface area contributed by atoms with Gasteiger partial charge in [0.15, 0.2) is 5.78 Å². The Labute approximate surface area is 147 Å². The molecule has 1 N–H and O–H groups in total. The highest BCUT2D eigenvalue weighted by molar-refractivity contribution is 6.32. The Balaban J connectivity index is 2.14. The summed E-state index contributed by atoms with van der Waals surface area (Å²) in [5.74, 6) is 1.01. The molecule has 0 spiro atoms. The smallest absolute Gasteiger partial charge is 0.187 e. The minimum absolute atomic E-state index is 0.0795. The Kier molecular flexibility index (Phi) is 5.88. The zero-order chi connectivity index (χ0) is 17.7. The van der Waals surface area contributed by atoms with Crippen molar-refractivity contribution in [2.45, 2.75) is 13.8 Å². The van der Waals surface area contributed by atoms with Crippen molar-refractivity contribution < 1.29 is 14.3 Å². The zero-order valence-electron chi connectivity index (χ0n) is 14.1. The minimum atomic E-state index is -0.0795. The number of halogens is 1. The van der Waals surface area contributed by atoms with Gasteiger partial charge in [0.05, 0.1) is 24.9 Å². The Morgan fingerprint density at radius 1 is 1.04 bits per heavy atom. The largest absolute Gasteiger partial charge is 0.495 e. The van der Waals surface area contributed by atoms with Gasteiger partial charge in [0.25, 0.3) is 0 Å². The molecule has 0 saturated carbocycles. The molecule has 0 bridgehead atoms. The van der Waals surface area contributed by atoms with Crippen molar-refractivity contribution in [1.29, 1.82) is 0 Å². The summed E-state index contributed by atoms with van der Waals surface area (Å²) in [4.78, 5) is 12.2. The zero-order valence-corrected chi connectivity index (χ0v) is 14.9. The van der Waals surface area contributed by atoms with Gasteiger partial charge in [0, 0.05) is 23.9 Å². The summed E-state index contributed by atoms with van der Waals surface area (Å²) in [5.41, 5.74) is 3.54. The highest BCUT2D eigenvalue weighted by Crippen LogP contribution is 2.35. The molecule has 0 aliphatic carbocycles. The lowest BCUT2D eigenvalue weighted by molar-refractivity contribution is 0.104. The molecule has 0 radical (unpaired) electrons. The molecule has 2 aromatic rings. The number of benzene rings is 2. The third kappa shape index (κ3) is 4.09. The standard InChI is InChI=1S/C19H20ClNO3/c1-12-5-6-14(9-13(12)2)17(22)7-8-21-16-10-15(20)18(23-3)11-19(16)24-4/h5-11,21H,1-4H3. The summed E-state index contributed by atoms with van der Waals surface area (Å²) >= 11 is 6.12. The predicted octanol–water partition coefficient (Wildman–Crippen LogP) is 4.78. The van der Waals surface area contributed by atoms with Gasteiger partial charge in [-0.1, -0.05) is 23.7 Å². The van der Waals surface area contributed by atoms with Crippen LogP contribution in [0.5, 0.6) is 11.5 Å². The Bertz CT molecular complexity index is 784. The first-order chi connectivity index (χ1) is 11.5. The summed E-state index contributed by atoms with van der Waals surface area (Å²) in [6.45, 7) is 4.00. The molecule has 0 aliphatic rings. The van der Waals surface area contributed by atoms with Crippen LogP contribution >= 0.6 is 11.6 Å². The van der Waals surface area contributed by atoms with Crippen molar-refractivity contribution in [1.82, 2.24) is 0 Å². The molecule has 24 heavy (non-hydrogen) atoms. The number of nitrogens with one attached hydrogen (secondary N) is 1. The predicted molar refractivity (Wildman–Crippen MR) is 97.6 cm³/mol. The van der Waals surface area contributed by atoms with Gasteiger partial charge >= 0.3 is 0 Å². The van der Waals surface area contributed by atoms with Gasteiger partial charge in [-0.2, -0.15) is 0 Å². The Hall–Kier alpha value is -2.46. The normalized spacial score (nSPS) is 10.7. The van der Waals surface area contributed by atoms with Crippen LogP contribution in [0.15, 0.2) is 42.6 Å². The first kappa shape index (κ1) is 17.9. The highest BCUT2D eigenvalue weighted by Gasteiger charge is 2.09. The van der Waals surface area contributed by atoms with Gasteiger partial charge in [0.2, 0.25) is 0 Å². The van der Waals surface area contributed by atoms with E-state index in [1.807, 2.05) is 32.0 Å². The molecule has 0 fully saturated rings. The van der Waals surface area contributed by atoms with E-state index >= 15 is 0 Å². The van der Waals surface area contributed by atoms with Crippen molar-refractivity contribution in [2.24, 2.45) is 0 Å². The Morgan fingerprint density at radius 3 is 2.38 bits per heavy atom. The lowest BCUT2D eigenvalue weighted by atomic mass is 10.0. The number of aryl methyl sites for hydroxylation is 2. The molecule has 0 aromatic heterocycles. The fourth-order valence-electron chi connectivity index (χ4n) is 2.17. The third-order valence-corrected chi connectivity index (χ3v) is 4.03. The van der Waals surface area contributed by atoms with Crippen LogP contribution in [-0.2, 0) is 0 Å². The van der Waals surface area contributed by atoms with Crippen LogP contribution in [-0.4, -0.2) is 20.0 Å². The van der Waals surface area contributed by atoms with E-state index < -0.39 is 0 Å². The number of hydrogen-bond donors (Lipinski definition) is 1. The number of carbonyl (C=O) groups excluding carboxylic acids is 1. The van der Waals surface area contributed by atoms with Crippen LogP contribution in [0.25, 0.3) is 0 Å². The lowest BCUT2D eigenvalue weighted by Gasteiger charge is -2.11. The molecule has 0 aliphatic heterocycles. The van der Waals surface area contributed by atoms with Crippen molar-refractivity contribution in [3.05, 3.63) is 64.3 Å². The van der Waals surface area contributed by atoms with Gasteiger partial charge in [-0.25, -0.2) is 0 Å². The minimum Gasteiger partial charge on any atom is -0.495 e. The third-order valence-electron chi connectivity index (χ3n) is 3.74. The van der Waals surface area contributed by atoms with Crippen LogP contribution in [0.2, 0.25) is 5.02 Å². The van der Waals surface area contributed by atoms with E-state index in [9.17, 15) is 4.79 Å². The van der Waals surface area contributed by atoms with E-state index in [0.29, 0.717) is 27.8 Å². The lowest BCUT2D eigenvalue weighted by Crippen LogP contribution is -1.99. The molecule has 0 heterocycles. The number of allylic oxidation sites excluding steroid dienone is 1. The number of anilines is 1. The molecule has 2 rings (SSSR count). The van der Waals surface area contributed by atoms with Crippen molar-refractivity contribution in [3.8, 4) is 11.5 Å². The molecule has 0 atom stereocenters. The first-order valence-corrected chi connectivity index (χ1v) is 7.80. The summed E-state index contributed by atoms with van der Waals surface area (Å²) in [6, 6.07) is 9.01. The maximum Gasteiger partial charge on any atom is 0.187 e. The van der Waals surface area contributed by atoms with Gasteiger partial charge in [-0.15, -0.1) is 0 Å². The van der Waals surface area contributed by atoms with Gasteiger partial charge in [-0.3, -0.25) is 4.79 Å². The molecule has 5 heteroatoms. The van der Waals surface area contributed by atoms with Gasteiger partial charge < -0.3 is 14.8 Å². The number of carbonyl (C=O) groups is 1. The maximum atomic E-state index is 12.2. The quantitative estimate of drug-likeness (QED) is 0.604. The number of rotatable bonds is 6. The van der Waals surface area contributed by atoms with Crippen molar-refractivity contribution in [2.75, 3.05) is 19.5 Å². The van der Waals surface area contributed by atoms with Crippen LogP contribution in [0.4, 0.5) is 5.69 Å². The van der Waals surface area contributed by atoms with Crippen LogP contribution < -0.4 is 14.8 Å². The average molecular weight is 346 g/mol. The van der Waals surface area contributed by atoms with Gasteiger partial charge in [0.1, 0.15) is 11.5 Å². The Morgan fingerprint density at radius 2 is 1.75 bits per heavy atom. The second kappa shape index (κ2) is 7.88.